The standard InChI is InChI=1S/C27H34F2/c1-3-5-7-9-21-12-15-24-19-25(17-16-23(24)18-21)27(29)26(28)22-13-10-20(11-14-22)8-6-4-2/h4,12,15-20,22H,2-3,5-11,13-14H2,1H3. The summed E-state index contributed by atoms with van der Waals surface area (Å²) in [6, 6.07) is 11.8. The van der Waals surface area contributed by atoms with Crippen molar-refractivity contribution in [3.63, 3.8) is 0 Å². The minimum absolute atomic E-state index is 0.272. The fourth-order valence-electron chi connectivity index (χ4n) is 4.54. The van der Waals surface area contributed by atoms with Crippen molar-refractivity contribution in [3.05, 3.63) is 66.0 Å². The molecule has 0 bridgehead atoms. The lowest BCUT2D eigenvalue weighted by atomic mass is 9.79. The molecule has 2 aromatic carbocycles. The third kappa shape index (κ3) is 5.78. The topological polar surface area (TPSA) is 0 Å². The van der Waals surface area contributed by atoms with Crippen LogP contribution < -0.4 is 0 Å². The van der Waals surface area contributed by atoms with E-state index in [4.69, 9.17) is 0 Å². The van der Waals surface area contributed by atoms with E-state index >= 15 is 0 Å². The summed E-state index contributed by atoms with van der Waals surface area (Å²) >= 11 is 0. The van der Waals surface area contributed by atoms with Gasteiger partial charge in [-0.05, 0) is 79.7 Å². The van der Waals surface area contributed by atoms with Gasteiger partial charge in [0.15, 0.2) is 5.83 Å². The summed E-state index contributed by atoms with van der Waals surface area (Å²) in [5, 5.41) is 2.07. The number of fused-ring (bicyclic) bond motifs is 1. The van der Waals surface area contributed by atoms with Gasteiger partial charge in [0.05, 0.1) is 0 Å². The molecule has 0 spiro atoms. The number of unbranched alkanes of at least 4 members (excludes halogenated alkanes) is 2. The molecular formula is C27H34F2. The Morgan fingerprint density at radius 2 is 1.72 bits per heavy atom. The number of hydrogen-bond donors (Lipinski definition) is 0. The Morgan fingerprint density at radius 3 is 2.45 bits per heavy atom. The molecule has 0 radical (unpaired) electrons. The second-order valence-electron chi connectivity index (χ2n) is 8.60. The van der Waals surface area contributed by atoms with Crippen molar-refractivity contribution in [1.82, 2.24) is 0 Å². The van der Waals surface area contributed by atoms with Crippen molar-refractivity contribution in [2.24, 2.45) is 11.8 Å². The van der Waals surface area contributed by atoms with Crippen molar-refractivity contribution in [1.29, 1.82) is 0 Å². The first-order valence-corrected chi connectivity index (χ1v) is 11.3. The SMILES string of the molecule is C=CCCC1CCC(C(F)=C(F)c2ccc3cc(CCCCC)ccc3c2)CC1. The maximum atomic E-state index is 14.9. The molecule has 0 aromatic heterocycles. The second-order valence-corrected chi connectivity index (χ2v) is 8.60. The third-order valence-corrected chi connectivity index (χ3v) is 6.42. The van der Waals surface area contributed by atoms with Crippen molar-refractivity contribution >= 4 is 16.6 Å². The molecule has 156 valence electrons. The van der Waals surface area contributed by atoms with E-state index < -0.39 is 11.7 Å². The molecule has 1 aliphatic rings. The van der Waals surface area contributed by atoms with Gasteiger partial charge in [0.1, 0.15) is 5.83 Å². The molecule has 0 heterocycles. The molecule has 0 nitrogen and oxygen atoms in total. The number of rotatable bonds is 9. The molecule has 0 N–H and O–H groups in total. The highest BCUT2D eigenvalue weighted by molar-refractivity contribution is 5.86. The van der Waals surface area contributed by atoms with E-state index in [0.717, 1.165) is 55.7 Å². The van der Waals surface area contributed by atoms with Crippen molar-refractivity contribution in [2.75, 3.05) is 0 Å². The molecular weight excluding hydrogens is 362 g/mol. The third-order valence-electron chi connectivity index (χ3n) is 6.42. The van der Waals surface area contributed by atoms with Gasteiger partial charge in [-0.3, -0.25) is 0 Å². The lowest BCUT2D eigenvalue weighted by molar-refractivity contribution is 0.263. The van der Waals surface area contributed by atoms with Crippen LogP contribution in [-0.4, -0.2) is 0 Å². The summed E-state index contributed by atoms with van der Waals surface area (Å²) in [6.45, 7) is 5.98. The van der Waals surface area contributed by atoms with Crippen molar-refractivity contribution < 1.29 is 8.78 Å². The van der Waals surface area contributed by atoms with Crippen LogP contribution in [0.25, 0.3) is 16.6 Å². The average Bonchev–Trinajstić information content (AvgIpc) is 2.77. The summed E-state index contributed by atoms with van der Waals surface area (Å²) in [5.74, 6) is -0.866. The quantitative estimate of drug-likeness (QED) is 0.293. The van der Waals surface area contributed by atoms with E-state index in [9.17, 15) is 8.78 Å². The normalized spacial score (nSPS) is 20.5. The number of halogens is 2. The van der Waals surface area contributed by atoms with Gasteiger partial charge in [-0.25, -0.2) is 8.78 Å². The van der Waals surface area contributed by atoms with Crippen LogP contribution in [0.3, 0.4) is 0 Å². The average molecular weight is 397 g/mol. The Bertz CT molecular complexity index is 841. The zero-order chi connectivity index (χ0) is 20.6. The van der Waals surface area contributed by atoms with Crippen LogP contribution in [0.1, 0.15) is 75.8 Å². The van der Waals surface area contributed by atoms with Crippen LogP contribution in [0.15, 0.2) is 54.9 Å². The minimum atomic E-state index is -0.673. The Labute approximate surface area is 174 Å². The fourth-order valence-corrected chi connectivity index (χ4v) is 4.54. The summed E-state index contributed by atoms with van der Waals surface area (Å²) in [6.07, 6.45) is 12.3. The van der Waals surface area contributed by atoms with Crippen molar-refractivity contribution in [3.8, 4) is 0 Å². The molecule has 0 aliphatic heterocycles. The minimum Gasteiger partial charge on any atom is -0.208 e. The van der Waals surface area contributed by atoms with Crippen LogP contribution in [-0.2, 0) is 6.42 Å². The first-order chi connectivity index (χ1) is 14.1. The van der Waals surface area contributed by atoms with Crippen LogP contribution in [0.5, 0.6) is 0 Å². The zero-order valence-electron chi connectivity index (χ0n) is 17.7. The molecule has 0 saturated heterocycles. The largest absolute Gasteiger partial charge is 0.208 e. The van der Waals surface area contributed by atoms with E-state index in [0.29, 0.717) is 11.5 Å². The maximum Gasteiger partial charge on any atom is 0.162 e. The number of hydrogen-bond acceptors (Lipinski definition) is 0. The maximum absolute atomic E-state index is 14.9. The lowest BCUT2D eigenvalue weighted by Gasteiger charge is -2.27. The van der Waals surface area contributed by atoms with E-state index in [1.165, 1.54) is 24.8 Å². The smallest absolute Gasteiger partial charge is 0.162 e. The van der Waals surface area contributed by atoms with Crippen molar-refractivity contribution in [2.45, 2.75) is 71.1 Å². The van der Waals surface area contributed by atoms with E-state index in [1.807, 2.05) is 18.2 Å². The monoisotopic (exact) mass is 396 g/mol. The Kier molecular flexibility index (Phi) is 8.03. The van der Waals surface area contributed by atoms with E-state index in [-0.39, 0.29) is 5.92 Å². The van der Waals surface area contributed by atoms with Gasteiger partial charge in [-0.2, -0.15) is 0 Å². The summed E-state index contributed by atoms with van der Waals surface area (Å²) in [7, 11) is 0. The zero-order valence-corrected chi connectivity index (χ0v) is 17.7. The predicted molar refractivity (Wildman–Crippen MR) is 121 cm³/mol. The number of allylic oxidation sites excluding steroid dienone is 2. The Morgan fingerprint density at radius 1 is 1.00 bits per heavy atom. The van der Waals surface area contributed by atoms with E-state index in [1.54, 1.807) is 12.1 Å². The van der Waals surface area contributed by atoms with Gasteiger partial charge >= 0.3 is 0 Å². The Balaban J connectivity index is 1.70. The molecule has 1 aliphatic carbocycles. The van der Waals surface area contributed by atoms with Crippen LogP contribution in [0.2, 0.25) is 0 Å². The molecule has 2 aromatic rings. The second kappa shape index (κ2) is 10.7. The summed E-state index contributed by atoms with van der Waals surface area (Å²) in [4.78, 5) is 0. The van der Waals surface area contributed by atoms with Crippen LogP contribution in [0.4, 0.5) is 8.78 Å². The van der Waals surface area contributed by atoms with Gasteiger partial charge in [0.2, 0.25) is 0 Å². The van der Waals surface area contributed by atoms with E-state index in [2.05, 4.69) is 25.6 Å². The molecule has 29 heavy (non-hydrogen) atoms. The highest BCUT2D eigenvalue weighted by Crippen LogP contribution is 2.39. The van der Waals surface area contributed by atoms with Gasteiger partial charge in [0.25, 0.3) is 0 Å². The summed E-state index contributed by atoms with van der Waals surface area (Å²) in [5.41, 5.74) is 1.68. The predicted octanol–water partition coefficient (Wildman–Crippen LogP) is 8.95. The Hall–Kier alpha value is -1.96. The van der Waals surface area contributed by atoms with Gasteiger partial charge in [0, 0.05) is 11.5 Å². The van der Waals surface area contributed by atoms with Crippen LogP contribution >= 0.6 is 0 Å². The van der Waals surface area contributed by atoms with Gasteiger partial charge < -0.3 is 0 Å². The molecule has 0 unspecified atom stereocenters. The molecule has 0 atom stereocenters. The molecule has 1 saturated carbocycles. The fraction of sp³-hybridized carbons (Fsp3) is 0.481. The molecule has 1 fully saturated rings. The molecule has 3 rings (SSSR count). The highest BCUT2D eigenvalue weighted by Gasteiger charge is 2.26. The van der Waals surface area contributed by atoms with Gasteiger partial charge in [-0.15, -0.1) is 6.58 Å². The lowest BCUT2D eigenvalue weighted by Crippen LogP contribution is -2.15. The molecule has 2 heteroatoms. The molecule has 0 amide bonds. The van der Waals surface area contributed by atoms with Gasteiger partial charge in [-0.1, -0.05) is 56.2 Å². The first kappa shape index (κ1) is 21.7. The summed E-state index contributed by atoms with van der Waals surface area (Å²) < 4.78 is 29.8. The number of benzene rings is 2. The number of aryl methyl sites for hydroxylation is 1. The first-order valence-electron chi connectivity index (χ1n) is 11.3. The van der Waals surface area contributed by atoms with Crippen LogP contribution in [0, 0.1) is 11.8 Å². The highest BCUT2D eigenvalue weighted by atomic mass is 19.2.